The molecule has 4 nitrogen and oxygen atoms in total. The van der Waals surface area contributed by atoms with E-state index in [1.807, 2.05) is 18.2 Å². The molecule has 0 aliphatic carbocycles. The highest BCUT2D eigenvalue weighted by molar-refractivity contribution is 6.35. The molecule has 2 heterocycles. The molecule has 1 N–H and O–H groups in total. The lowest BCUT2D eigenvalue weighted by atomic mass is 10.2. The van der Waals surface area contributed by atoms with E-state index in [0.29, 0.717) is 10.0 Å². The maximum Gasteiger partial charge on any atom is 0.135 e. The highest BCUT2D eigenvalue weighted by atomic mass is 35.5. The molecule has 0 spiro atoms. The smallest absolute Gasteiger partial charge is 0.135 e. The van der Waals surface area contributed by atoms with Crippen LogP contribution < -0.4 is 10.2 Å². The third-order valence-electron chi connectivity index (χ3n) is 3.72. The first-order chi connectivity index (χ1) is 10.7. The van der Waals surface area contributed by atoms with Crippen LogP contribution in [0.3, 0.4) is 0 Å². The second-order valence-corrected chi connectivity index (χ2v) is 6.32. The van der Waals surface area contributed by atoms with Crippen molar-refractivity contribution in [2.24, 2.45) is 0 Å². The molecule has 6 heteroatoms. The van der Waals surface area contributed by atoms with E-state index in [0.717, 1.165) is 30.4 Å². The van der Waals surface area contributed by atoms with E-state index >= 15 is 0 Å². The summed E-state index contributed by atoms with van der Waals surface area (Å²) in [7, 11) is 0. The minimum atomic E-state index is 0.594. The summed E-state index contributed by atoms with van der Waals surface area (Å²) in [6, 6.07) is 7.32. The van der Waals surface area contributed by atoms with E-state index in [1.54, 1.807) is 12.4 Å². The van der Waals surface area contributed by atoms with Gasteiger partial charge >= 0.3 is 0 Å². The van der Waals surface area contributed by atoms with Crippen molar-refractivity contribution in [1.82, 2.24) is 9.97 Å². The molecule has 3 rings (SSSR count). The molecule has 2 aromatic rings. The molecule has 0 amide bonds. The summed E-state index contributed by atoms with van der Waals surface area (Å²) >= 11 is 12.0. The summed E-state index contributed by atoms with van der Waals surface area (Å²) in [5, 5.41) is 4.42. The zero-order valence-electron chi connectivity index (χ0n) is 12.2. The van der Waals surface area contributed by atoms with Crippen LogP contribution in [0.2, 0.25) is 10.0 Å². The number of rotatable bonds is 3. The molecule has 1 fully saturated rings. The van der Waals surface area contributed by atoms with Gasteiger partial charge < -0.3 is 10.2 Å². The highest BCUT2D eigenvalue weighted by Crippen LogP contribution is 2.26. The minimum absolute atomic E-state index is 0.594. The van der Waals surface area contributed by atoms with E-state index in [9.17, 15) is 0 Å². The monoisotopic (exact) mass is 336 g/mol. The standard InChI is InChI=1S/C16H18Cl2N4/c17-12-7-13(18)9-14(8-12)21-15-10-16(20-11-19-15)22-5-3-1-2-4-6-22/h7-11H,1-6H2,(H,19,20,21). The van der Waals surface area contributed by atoms with Crippen molar-refractivity contribution in [1.29, 1.82) is 0 Å². The van der Waals surface area contributed by atoms with Gasteiger partial charge in [0.1, 0.15) is 18.0 Å². The lowest BCUT2D eigenvalue weighted by Gasteiger charge is -2.21. The Morgan fingerprint density at radius 1 is 0.864 bits per heavy atom. The maximum absolute atomic E-state index is 6.02. The lowest BCUT2D eigenvalue weighted by molar-refractivity contribution is 0.726. The van der Waals surface area contributed by atoms with Gasteiger partial charge in [-0.05, 0) is 31.0 Å². The molecular weight excluding hydrogens is 319 g/mol. The second-order valence-electron chi connectivity index (χ2n) is 5.45. The quantitative estimate of drug-likeness (QED) is 0.864. The van der Waals surface area contributed by atoms with Gasteiger partial charge in [-0.25, -0.2) is 9.97 Å². The summed E-state index contributed by atoms with van der Waals surface area (Å²) in [6.45, 7) is 2.11. The topological polar surface area (TPSA) is 41.0 Å². The van der Waals surface area contributed by atoms with Crippen LogP contribution in [0.5, 0.6) is 0 Å². The third-order valence-corrected chi connectivity index (χ3v) is 4.15. The van der Waals surface area contributed by atoms with Crippen LogP contribution in [0.1, 0.15) is 25.7 Å². The summed E-state index contributed by atoms with van der Waals surface area (Å²) in [5.74, 6) is 1.71. The van der Waals surface area contributed by atoms with E-state index in [4.69, 9.17) is 23.2 Å². The van der Waals surface area contributed by atoms with E-state index in [-0.39, 0.29) is 0 Å². The number of benzene rings is 1. The van der Waals surface area contributed by atoms with E-state index in [2.05, 4.69) is 20.2 Å². The van der Waals surface area contributed by atoms with Crippen LogP contribution in [-0.2, 0) is 0 Å². The van der Waals surface area contributed by atoms with Crippen molar-refractivity contribution in [2.75, 3.05) is 23.3 Å². The van der Waals surface area contributed by atoms with E-state index in [1.165, 1.54) is 25.7 Å². The van der Waals surface area contributed by atoms with Crippen LogP contribution in [0, 0.1) is 0 Å². The van der Waals surface area contributed by atoms with Crippen molar-refractivity contribution >= 4 is 40.5 Å². The number of anilines is 3. The Morgan fingerprint density at radius 2 is 1.55 bits per heavy atom. The first kappa shape index (κ1) is 15.4. The van der Waals surface area contributed by atoms with Crippen molar-refractivity contribution in [2.45, 2.75) is 25.7 Å². The normalized spacial score (nSPS) is 15.5. The number of aromatic nitrogens is 2. The second kappa shape index (κ2) is 7.16. The molecule has 1 saturated heterocycles. The van der Waals surface area contributed by atoms with Crippen molar-refractivity contribution in [3.05, 3.63) is 40.6 Å². The number of halogens is 2. The Balaban J connectivity index is 1.78. The predicted octanol–water partition coefficient (Wildman–Crippen LogP) is 4.91. The van der Waals surface area contributed by atoms with E-state index < -0.39 is 0 Å². The van der Waals surface area contributed by atoms with Crippen LogP contribution in [-0.4, -0.2) is 23.1 Å². The number of nitrogens with one attached hydrogen (secondary N) is 1. The van der Waals surface area contributed by atoms with Gasteiger partial charge in [-0.2, -0.15) is 0 Å². The van der Waals surface area contributed by atoms with Crippen LogP contribution in [0.15, 0.2) is 30.6 Å². The first-order valence-electron chi connectivity index (χ1n) is 7.51. The van der Waals surface area contributed by atoms with Gasteiger partial charge in [0.05, 0.1) is 0 Å². The molecule has 22 heavy (non-hydrogen) atoms. The average Bonchev–Trinajstić information content (AvgIpc) is 2.75. The molecule has 0 saturated carbocycles. The Hall–Kier alpha value is -1.52. The van der Waals surface area contributed by atoms with Gasteiger partial charge in [-0.3, -0.25) is 0 Å². The summed E-state index contributed by atoms with van der Waals surface area (Å²) in [5.41, 5.74) is 0.818. The molecule has 0 bridgehead atoms. The number of hydrogen-bond donors (Lipinski definition) is 1. The predicted molar refractivity (Wildman–Crippen MR) is 92.5 cm³/mol. The summed E-state index contributed by atoms with van der Waals surface area (Å²) in [6.07, 6.45) is 6.63. The van der Waals surface area contributed by atoms with Crippen molar-refractivity contribution < 1.29 is 0 Å². The Bertz CT molecular complexity index is 620. The summed E-state index contributed by atoms with van der Waals surface area (Å²) < 4.78 is 0. The van der Waals surface area contributed by atoms with Gasteiger partial charge in [0.2, 0.25) is 0 Å². The molecule has 0 radical (unpaired) electrons. The SMILES string of the molecule is Clc1cc(Cl)cc(Nc2cc(N3CCCCCC3)ncn2)c1. The Morgan fingerprint density at radius 3 is 2.23 bits per heavy atom. The highest BCUT2D eigenvalue weighted by Gasteiger charge is 2.12. The van der Waals surface area contributed by atoms with Crippen molar-refractivity contribution in [3.63, 3.8) is 0 Å². The average molecular weight is 337 g/mol. The van der Waals surface area contributed by atoms with Crippen LogP contribution in [0.4, 0.5) is 17.3 Å². The minimum Gasteiger partial charge on any atom is -0.356 e. The molecule has 1 aliphatic heterocycles. The van der Waals surface area contributed by atoms with Gasteiger partial charge in [0.25, 0.3) is 0 Å². The lowest BCUT2D eigenvalue weighted by Crippen LogP contribution is -2.25. The van der Waals surface area contributed by atoms with Gasteiger partial charge in [-0.1, -0.05) is 36.0 Å². The number of nitrogens with zero attached hydrogens (tertiary/aromatic N) is 3. The fourth-order valence-corrected chi connectivity index (χ4v) is 3.19. The number of hydrogen-bond acceptors (Lipinski definition) is 4. The van der Waals surface area contributed by atoms with Crippen LogP contribution in [0.25, 0.3) is 0 Å². The molecule has 0 atom stereocenters. The first-order valence-corrected chi connectivity index (χ1v) is 8.26. The molecule has 1 aliphatic rings. The zero-order valence-corrected chi connectivity index (χ0v) is 13.7. The molecule has 1 aromatic carbocycles. The fourth-order valence-electron chi connectivity index (χ4n) is 2.66. The third kappa shape index (κ3) is 4.02. The maximum atomic E-state index is 6.02. The van der Waals surface area contributed by atoms with Crippen LogP contribution >= 0.6 is 23.2 Å². The molecule has 116 valence electrons. The molecule has 1 aromatic heterocycles. The van der Waals surface area contributed by atoms with Gasteiger partial charge in [0, 0.05) is 34.9 Å². The van der Waals surface area contributed by atoms with Crippen molar-refractivity contribution in [3.8, 4) is 0 Å². The Kier molecular flexibility index (Phi) is 5.01. The fraction of sp³-hybridized carbons (Fsp3) is 0.375. The van der Waals surface area contributed by atoms with Gasteiger partial charge in [-0.15, -0.1) is 0 Å². The van der Waals surface area contributed by atoms with Gasteiger partial charge in [0.15, 0.2) is 0 Å². The summed E-state index contributed by atoms with van der Waals surface area (Å²) in [4.78, 5) is 11.0. The molecule has 0 unspecified atom stereocenters. The Labute approximate surface area is 140 Å². The largest absolute Gasteiger partial charge is 0.356 e. The zero-order chi connectivity index (χ0) is 15.4. The molecular formula is C16H18Cl2N4.